The van der Waals surface area contributed by atoms with Crippen LogP contribution in [0.3, 0.4) is 0 Å². The van der Waals surface area contributed by atoms with Gasteiger partial charge in [0.25, 0.3) is 0 Å². The molecule has 4 aromatic carbocycles. The fraction of sp³-hybridized carbons (Fsp3) is 0.257. The number of fused-ring (bicyclic) bond motifs is 2. The van der Waals surface area contributed by atoms with Gasteiger partial charge in [0.05, 0.1) is 0 Å². The number of benzene rings is 4. The normalized spacial score (nSPS) is 18.4. The highest BCUT2D eigenvalue weighted by Crippen LogP contribution is 2.41. The Morgan fingerprint density at radius 1 is 0.718 bits per heavy atom. The van der Waals surface area contributed by atoms with Gasteiger partial charge in [-0.3, -0.25) is 0 Å². The lowest BCUT2D eigenvalue weighted by Crippen LogP contribution is -2.32. The fourth-order valence-corrected chi connectivity index (χ4v) is 6.27. The number of nitrogens with zero attached hydrogens (tertiary/aromatic N) is 2. The Morgan fingerprint density at radius 2 is 1.41 bits per heavy atom. The number of hydrogen-bond donors (Lipinski definition) is 0. The van der Waals surface area contributed by atoms with Gasteiger partial charge in [0.2, 0.25) is 0 Å². The van der Waals surface area contributed by atoms with Gasteiger partial charge in [-0.15, -0.1) is 0 Å². The Hall–Kier alpha value is -4.18. The van der Waals surface area contributed by atoms with E-state index in [2.05, 4.69) is 114 Å². The largest absolute Gasteiger partial charge is 0.473 e. The van der Waals surface area contributed by atoms with Gasteiger partial charge >= 0.3 is 0 Å². The minimum Gasteiger partial charge on any atom is -0.473 e. The predicted octanol–water partition coefficient (Wildman–Crippen LogP) is 8.06. The third-order valence-electron chi connectivity index (χ3n) is 8.39. The summed E-state index contributed by atoms with van der Waals surface area (Å²) in [5, 5.41) is 0. The molecule has 4 aromatic rings. The van der Waals surface area contributed by atoms with Crippen molar-refractivity contribution in [3.05, 3.63) is 125 Å². The second-order valence-corrected chi connectivity index (χ2v) is 11.0. The first-order valence-corrected chi connectivity index (χ1v) is 14.0. The molecule has 0 saturated heterocycles. The summed E-state index contributed by atoms with van der Waals surface area (Å²) in [6.07, 6.45) is 5.80. The van der Waals surface area contributed by atoms with E-state index in [-0.39, 0.29) is 0 Å². The summed E-state index contributed by atoms with van der Waals surface area (Å²) in [4.78, 5) is 4.60. The fourth-order valence-electron chi connectivity index (χ4n) is 6.27. The van der Waals surface area contributed by atoms with Crippen molar-refractivity contribution in [3.8, 4) is 11.5 Å². The zero-order valence-corrected chi connectivity index (χ0v) is 22.5. The van der Waals surface area contributed by atoms with Crippen LogP contribution >= 0.6 is 0 Å². The minimum absolute atomic E-state index is 0.543. The molecule has 1 unspecified atom stereocenters. The van der Waals surface area contributed by atoms with Crippen LogP contribution in [0.25, 0.3) is 5.57 Å². The molecule has 196 valence electrons. The summed E-state index contributed by atoms with van der Waals surface area (Å²) in [6.45, 7) is 5.13. The summed E-state index contributed by atoms with van der Waals surface area (Å²) in [5.41, 5.74) is 10.4. The molecule has 1 aliphatic carbocycles. The van der Waals surface area contributed by atoms with Gasteiger partial charge in [0.15, 0.2) is 13.5 Å². The zero-order chi connectivity index (χ0) is 26.2. The van der Waals surface area contributed by atoms with Gasteiger partial charge in [-0.05, 0) is 96.8 Å². The average Bonchev–Trinajstić information content (AvgIpc) is 3.01. The molecular formula is C35H34N2O2. The van der Waals surface area contributed by atoms with Crippen LogP contribution in [0.5, 0.6) is 11.5 Å². The molecule has 0 aromatic heterocycles. The van der Waals surface area contributed by atoms with Crippen LogP contribution in [0.4, 0.5) is 11.4 Å². The van der Waals surface area contributed by atoms with Gasteiger partial charge in [0.1, 0.15) is 11.5 Å². The van der Waals surface area contributed by atoms with Crippen molar-refractivity contribution in [2.24, 2.45) is 0 Å². The molecule has 2 heterocycles. The number of anilines is 2. The lowest BCUT2D eigenvalue weighted by molar-refractivity contribution is 0.287. The molecule has 1 atom stereocenters. The number of allylic oxidation sites excluding steroid dienone is 2. The molecule has 0 amide bonds. The predicted molar refractivity (Wildman–Crippen MR) is 158 cm³/mol. The molecule has 4 nitrogen and oxygen atoms in total. The summed E-state index contributed by atoms with van der Waals surface area (Å²) >= 11 is 0. The summed E-state index contributed by atoms with van der Waals surface area (Å²) in [6, 6.07) is 32.6. The average molecular weight is 515 g/mol. The molecule has 0 bridgehead atoms. The van der Waals surface area contributed by atoms with E-state index < -0.39 is 0 Å². The summed E-state index contributed by atoms with van der Waals surface area (Å²) in [5.74, 6) is 2.62. The first-order valence-electron chi connectivity index (χ1n) is 14.0. The van der Waals surface area contributed by atoms with Crippen molar-refractivity contribution < 1.29 is 9.47 Å². The van der Waals surface area contributed by atoms with Gasteiger partial charge in [-0.2, -0.15) is 0 Å². The molecule has 0 radical (unpaired) electrons. The Morgan fingerprint density at radius 3 is 2.10 bits per heavy atom. The third kappa shape index (κ3) is 4.76. The van der Waals surface area contributed by atoms with Crippen molar-refractivity contribution in [1.29, 1.82) is 0 Å². The highest BCUT2D eigenvalue weighted by molar-refractivity contribution is 5.70. The van der Waals surface area contributed by atoms with E-state index >= 15 is 0 Å². The van der Waals surface area contributed by atoms with E-state index in [4.69, 9.17) is 9.47 Å². The molecule has 7 rings (SSSR count). The van der Waals surface area contributed by atoms with Gasteiger partial charge in [0, 0.05) is 35.6 Å². The van der Waals surface area contributed by atoms with Crippen molar-refractivity contribution in [3.63, 3.8) is 0 Å². The number of ether oxygens (including phenoxy) is 2. The van der Waals surface area contributed by atoms with Crippen molar-refractivity contribution >= 4 is 16.9 Å². The van der Waals surface area contributed by atoms with Crippen LogP contribution in [0.15, 0.2) is 97.1 Å². The zero-order valence-electron chi connectivity index (χ0n) is 22.5. The quantitative estimate of drug-likeness (QED) is 0.275. The van der Waals surface area contributed by atoms with Crippen molar-refractivity contribution in [1.82, 2.24) is 0 Å². The minimum atomic E-state index is 0.543. The Balaban J connectivity index is 1.08. The van der Waals surface area contributed by atoms with Crippen LogP contribution in [0.2, 0.25) is 0 Å². The third-order valence-corrected chi connectivity index (χ3v) is 8.39. The molecular weight excluding hydrogens is 480 g/mol. The maximum Gasteiger partial charge on any atom is 0.161 e. The van der Waals surface area contributed by atoms with Gasteiger partial charge < -0.3 is 19.3 Å². The molecule has 0 N–H and O–H groups in total. The number of para-hydroxylation sites is 2. The van der Waals surface area contributed by atoms with E-state index in [1.807, 2.05) is 0 Å². The summed E-state index contributed by atoms with van der Waals surface area (Å²) in [7, 11) is 0. The topological polar surface area (TPSA) is 24.9 Å². The molecule has 3 aliphatic rings. The van der Waals surface area contributed by atoms with Gasteiger partial charge in [-0.25, -0.2) is 0 Å². The summed E-state index contributed by atoms with van der Waals surface area (Å²) < 4.78 is 12.3. The number of hydrogen-bond acceptors (Lipinski definition) is 4. The number of aryl methyl sites for hydroxylation is 1. The van der Waals surface area contributed by atoms with Crippen LogP contribution in [0.1, 0.15) is 53.0 Å². The van der Waals surface area contributed by atoms with Gasteiger partial charge in [-0.1, -0.05) is 54.6 Å². The molecule has 0 saturated carbocycles. The molecule has 4 heteroatoms. The molecule has 0 fully saturated rings. The molecule has 2 aliphatic heterocycles. The number of rotatable bonds is 4. The van der Waals surface area contributed by atoms with E-state index in [0.717, 1.165) is 43.9 Å². The van der Waals surface area contributed by atoms with Crippen LogP contribution < -0.4 is 19.3 Å². The lowest BCUT2D eigenvalue weighted by Gasteiger charge is -2.33. The maximum atomic E-state index is 6.21. The first-order chi connectivity index (χ1) is 19.2. The Bertz CT molecular complexity index is 1510. The molecule has 0 spiro atoms. The Labute approximate surface area is 231 Å². The van der Waals surface area contributed by atoms with Crippen LogP contribution in [-0.4, -0.2) is 13.5 Å². The van der Waals surface area contributed by atoms with Crippen LogP contribution in [-0.2, 0) is 13.1 Å². The van der Waals surface area contributed by atoms with E-state index in [1.165, 1.54) is 44.8 Å². The van der Waals surface area contributed by atoms with Crippen molar-refractivity contribution in [2.75, 3.05) is 23.3 Å². The van der Waals surface area contributed by atoms with E-state index in [1.54, 1.807) is 0 Å². The second kappa shape index (κ2) is 10.2. The molecule has 39 heavy (non-hydrogen) atoms. The Kier molecular flexibility index (Phi) is 6.24. The SMILES string of the molecule is Cc1cc(C2=CCC(c3ccc4c(c3)CN(c3ccccc3)CO4)CC2)cc2c1OCN(c1ccccc1)C2. The first kappa shape index (κ1) is 23.9. The monoisotopic (exact) mass is 514 g/mol. The van der Waals surface area contributed by atoms with E-state index in [9.17, 15) is 0 Å². The maximum absolute atomic E-state index is 6.21. The smallest absolute Gasteiger partial charge is 0.161 e. The highest BCUT2D eigenvalue weighted by atomic mass is 16.5. The second-order valence-electron chi connectivity index (χ2n) is 11.0. The van der Waals surface area contributed by atoms with Crippen molar-refractivity contribution in [2.45, 2.75) is 45.2 Å². The lowest BCUT2D eigenvalue weighted by atomic mass is 9.81. The highest BCUT2D eigenvalue weighted by Gasteiger charge is 2.24. The van der Waals surface area contributed by atoms with Crippen LogP contribution in [0, 0.1) is 6.92 Å². The standard InChI is InChI=1S/C35H34N2O2/c1-25-18-29(20-31-22-37(24-39-35(25)31)33-10-6-3-7-11-33)27-14-12-26(13-15-27)28-16-17-34-30(19-28)21-36(23-38-34)32-8-4-2-5-9-32/h2-11,14,16-20,26H,12-13,15,21-24H2,1H3. The van der Waals surface area contributed by atoms with E-state index in [0.29, 0.717) is 19.4 Å².